The summed E-state index contributed by atoms with van der Waals surface area (Å²) in [6, 6.07) is 10.0. The van der Waals surface area contributed by atoms with Crippen LogP contribution in [-0.4, -0.2) is 33.5 Å². The summed E-state index contributed by atoms with van der Waals surface area (Å²) in [5, 5.41) is 13.2. The highest BCUT2D eigenvalue weighted by molar-refractivity contribution is 7.99. The first kappa shape index (κ1) is 23.5. The van der Waals surface area contributed by atoms with Crippen LogP contribution in [-0.2, 0) is 17.9 Å². The number of ether oxygens (including phenoxy) is 2. The molecule has 2 aromatic carbocycles. The van der Waals surface area contributed by atoms with Crippen molar-refractivity contribution in [3.8, 4) is 11.5 Å². The lowest BCUT2D eigenvalue weighted by atomic mass is 10.3. The SMILES string of the molecule is CCn1c(COc2ccc(Cl)cc2Cl)nnc1SCC(=O)Nc1cc(Cl)ccc1OC. The van der Waals surface area contributed by atoms with Crippen LogP contribution in [0.2, 0.25) is 15.1 Å². The van der Waals surface area contributed by atoms with E-state index in [1.54, 1.807) is 36.4 Å². The molecule has 0 aliphatic carbocycles. The lowest BCUT2D eigenvalue weighted by molar-refractivity contribution is -0.113. The molecule has 0 spiro atoms. The maximum absolute atomic E-state index is 12.4. The van der Waals surface area contributed by atoms with Crippen LogP contribution in [0.15, 0.2) is 41.6 Å². The quantitative estimate of drug-likeness (QED) is 0.386. The van der Waals surface area contributed by atoms with E-state index in [0.29, 0.717) is 49.8 Å². The Bertz CT molecular complexity index is 1080. The molecule has 0 saturated heterocycles. The number of hydrogen-bond donors (Lipinski definition) is 1. The maximum Gasteiger partial charge on any atom is 0.234 e. The topological polar surface area (TPSA) is 78.3 Å². The smallest absolute Gasteiger partial charge is 0.234 e. The number of anilines is 1. The third-order valence-corrected chi connectivity index (χ3v) is 5.86. The summed E-state index contributed by atoms with van der Waals surface area (Å²) < 4.78 is 12.9. The summed E-state index contributed by atoms with van der Waals surface area (Å²) in [5.74, 6) is 1.56. The third-order valence-electron chi connectivity index (χ3n) is 4.13. The van der Waals surface area contributed by atoms with Gasteiger partial charge < -0.3 is 19.4 Å². The molecule has 1 aromatic heterocycles. The van der Waals surface area contributed by atoms with Crippen molar-refractivity contribution < 1.29 is 14.3 Å². The number of hydrogen-bond acceptors (Lipinski definition) is 6. The zero-order valence-electron chi connectivity index (χ0n) is 16.7. The average Bonchev–Trinajstić information content (AvgIpc) is 3.13. The van der Waals surface area contributed by atoms with Crippen LogP contribution in [0.3, 0.4) is 0 Å². The van der Waals surface area contributed by atoms with Crippen LogP contribution in [0, 0.1) is 0 Å². The van der Waals surface area contributed by atoms with E-state index in [1.165, 1.54) is 18.9 Å². The van der Waals surface area contributed by atoms with Crippen molar-refractivity contribution in [3.63, 3.8) is 0 Å². The van der Waals surface area contributed by atoms with Crippen LogP contribution in [0.1, 0.15) is 12.7 Å². The van der Waals surface area contributed by atoms with Gasteiger partial charge in [0.05, 0.1) is 23.6 Å². The molecule has 1 N–H and O–H groups in total. The second kappa shape index (κ2) is 10.9. The van der Waals surface area contributed by atoms with E-state index in [1.807, 2.05) is 11.5 Å². The summed E-state index contributed by atoms with van der Waals surface area (Å²) in [6.07, 6.45) is 0. The van der Waals surface area contributed by atoms with Crippen molar-refractivity contribution in [2.75, 3.05) is 18.2 Å². The highest BCUT2D eigenvalue weighted by atomic mass is 35.5. The minimum absolute atomic E-state index is 0.137. The van der Waals surface area contributed by atoms with Crippen molar-refractivity contribution >= 4 is 58.2 Å². The summed E-state index contributed by atoms with van der Waals surface area (Å²) >= 11 is 19.3. The highest BCUT2D eigenvalue weighted by Crippen LogP contribution is 2.29. The molecule has 11 heteroatoms. The molecule has 7 nitrogen and oxygen atoms in total. The Morgan fingerprint density at radius 1 is 1.10 bits per heavy atom. The molecule has 0 unspecified atom stereocenters. The number of thioether (sulfide) groups is 1. The molecule has 0 aliphatic heterocycles. The second-order valence-corrected chi connectivity index (χ2v) is 8.41. The Morgan fingerprint density at radius 2 is 1.81 bits per heavy atom. The van der Waals surface area contributed by atoms with Gasteiger partial charge in [-0.1, -0.05) is 46.6 Å². The number of carbonyl (C=O) groups is 1. The summed E-state index contributed by atoms with van der Waals surface area (Å²) in [5.41, 5.74) is 0.506. The number of nitrogens with zero attached hydrogens (tertiary/aromatic N) is 3. The molecule has 3 rings (SSSR count). The van der Waals surface area contributed by atoms with Crippen LogP contribution >= 0.6 is 46.6 Å². The summed E-state index contributed by atoms with van der Waals surface area (Å²) in [7, 11) is 1.53. The number of methoxy groups -OCH3 is 1. The summed E-state index contributed by atoms with van der Waals surface area (Å²) in [6.45, 7) is 2.75. The van der Waals surface area contributed by atoms with Gasteiger partial charge in [0.25, 0.3) is 0 Å². The molecule has 1 heterocycles. The molecule has 0 radical (unpaired) electrons. The van der Waals surface area contributed by atoms with Crippen LogP contribution in [0.25, 0.3) is 0 Å². The molecular formula is C20H19Cl3N4O3S. The monoisotopic (exact) mass is 500 g/mol. The Hall–Kier alpha value is -2.13. The maximum atomic E-state index is 12.4. The van der Waals surface area contributed by atoms with Gasteiger partial charge in [-0.3, -0.25) is 4.79 Å². The molecule has 31 heavy (non-hydrogen) atoms. The number of rotatable bonds is 9. The van der Waals surface area contributed by atoms with E-state index in [0.717, 1.165) is 0 Å². The van der Waals surface area contributed by atoms with Gasteiger partial charge >= 0.3 is 0 Å². The van der Waals surface area contributed by atoms with Crippen molar-refractivity contribution in [1.29, 1.82) is 0 Å². The van der Waals surface area contributed by atoms with Crippen molar-refractivity contribution in [2.24, 2.45) is 0 Å². The first-order chi connectivity index (χ1) is 14.9. The summed E-state index contributed by atoms with van der Waals surface area (Å²) in [4.78, 5) is 12.4. The lowest BCUT2D eigenvalue weighted by Crippen LogP contribution is -2.15. The largest absolute Gasteiger partial charge is 0.495 e. The Labute approximate surface area is 199 Å². The number of amides is 1. The van der Waals surface area contributed by atoms with Crippen LogP contribution in [0.5, 0.6) is 11.5 Å². The Balaban J connectivity index is 1.61. The van der Waals surface area contributed by atoms with Gasteiger partial charge in [-0.05, 0) is 43.3 Å². The van der Waals surface area contributed by atoms with Gasteiger partial charge in [0.15, 0.2) is 11.0 Å². The van der Waals surface area contributed by atoms with E-state index < -0.39 is 0 Å². The second-order valence-electron chi connectivity index (χ2n) is 6.19. The van der Waals surface area contributed by atoms with E-state index >= 15 is 0 Å². The van der Waals surface area contributed by atoms with Crippen LogP contribution in [0.4, 0.5) is 5.69 Å². The van der Waals surface area contributed by atoms with Gasteiger partial charge in [0, 0.05) is 16.6 Å². The van der Waals surface area contributed by atoms with Crippen LogP contribution < -0.4 is 14.8 Å². The molecule has 0 aliphatic rings. The predicted octanol–water partition coefficient (Wildman–Crippen LogP) is 5.58. The lowest BCUT2D eigenvalue weighted by Gasteiger charge is -2.11. The Morgan fingerprint density at radius 3 is 2.48 bits per heavy atom. The van der Waals surface area contributed by atoms with Gasteiger partial charge in [0.1, 0.15) is 18.1 Å². The molecule has 164 valence electrons. The van der Waals surface area contributed by atoms with Gasteiger partial charge in [0.2, 0.25) is 5.91 Å². The van der Waals surface area contributed by atoms with Crippen molar-refractivity contribution in [3.05, 3.63) is 57.3 Å². The number of benzene rings is 2. The molecule has 0 atom stereocenters. The first-order valence-corrected chi connectivity index (χ1v) is 11.3. The van der Waals surface area contributed by atoms with E-state index in [2.05, 4.69) is 15.5 Å². The van der Waals surface area contributed by atoms with E-state index in [9.17, 15) is 4.79 Å². The van der Waals surface area contributed by atoms with Gasteiger partial charge in [-0.15, -0.1) is 10.2 Å². The fraction of sp³-hybridized carbons (Fsp3) is 0.250. The number of halogens is 3. The minimum atomic E-state index is -0.220. The minimum Gasteiger partial charge on any atom is -0.495 e. The van der Waals surface area contributed by atoms with Gasteiger partial charge in [-0.25, -0.2) is 0 Å². The Kier molecular flexibility index (Phi) is 8.31. The van der Waals surface area contributed by atoms with Crippen molar-refractivity contribution in [2.45, 2.75) is 25.2 Å². The molecular weight excluding hydrogens is 483 g/mol. The predicted molar refractivity (Wildman–Crippen MR) is 124 cm³/mol. The standard InChI is InChI=1S/C20H19Cl3N4O3S/c1-3-27-18(10-30-16-6-4-12(21)8-14(16)23)25-26-20(27)31-11-19(28)24-15-9-13(22)5-7-17(15)29-2/h4-9H,3,10-11H2,1-2H3,(H,24,28). The number of aromatic nitrogens is 3. The molecule has 0 bridgehead atoms. The van der Waals surface area contributed by atoms with Gasteiger partial charge in [-0.2, -0.15) is 0 Å². The zero-order chi connectivity index (χ0) is 22.4. The normalized spacial score (nSPS) is 10.7. The van der Waals surface area contributed by atoms with Crippen molar-refractivity contribution in [1.82, 2.24) is 14.8 Å². The fourth-order valence-corrected chi connectivity index (χ4v) is 4.14. The third kappa shape index (κ3) is 6.20. The fourth-order valence-electron chi connectivity index (χ4n) is 2.68. The molecule has 0 saturated carbocycles. The molecule has 3 aromatic rings. The number of carbonyl (C=O) groups excluding carboxylic acids is 1. The van der Waals surface area contributed by atoms with E-state index in [-0.39, 0.29) is 18.3 Å². The highest BCUT2D eigenvalue weighted by Gasteiger charge is 2.15. The average molecular weight is 502 g/mol. The zero-order valence-corrected chi connectivity index (χ0v) is 19.8. The molecule has 0 fully saturated rings. The number of nitrogens with one attached hydrogen (secondary N) is 1. The van der Waals surface area contributed by atoms with E-state index in [4.69, 9.17) is 44.3 Å². The molecule has 1 amide bonds. The first-order valence-electron chi connectivity index (χ1n) is 9.17.